The highest BCUT2D eigenvalue weighted by Crippen LogP contribution is 2.24. The van der Waals surface area contributed by atoms with Crippen molar-refractivity contribution >= 4 is 8.25 Å². The van der Waals surface area contributed by atoms with Crippen LogP contribution in [-0.4, -0.2) is 26.7 Å². The summed E-state index contributed by atoms with van der Waals surface area (Å²) in [6.07, 6.45) is 1.63. The van der Waals surface area contributed by atoms with E-state index in [1.807, 2.05) is 48.5 Å². The monoisotopic (exact) mass is 380 g/mol. The van der Waals surface area contributed by atoms with E-state index < -0.39 is 8.25 Å². The van der Waals surface area contributed by atoms with Crippen molar-refractivity contribution < 1.29 is 23.1 Å². The molecule has 7 nitrogen and oxygen atoms in total. The van der Waals surface area contributed by atoms with Gasteiger partial charge in [0.25, 0.3) is 0 Å². The first-order valence-corrected chi connectivity index (χ1v) is 9.57. The SMILES string of the molecule is NCCc1ccc(OCO[PH](=O)OCOc2ccc(CCN)cc2)cc1. The van der Waals surface area contributed by atoms with E-state index in [1.165, 1.54) is 0 Å². The summed E-state index contributed by atoms with van der Waals surface area (Å²) in [4.78, 5) is 0. The van der Waals surface area contributed by atoms with Crippen LogP contribution in [0.1, 0.15) is 11.1 Å². The quantitative estimate of drug-likeness (QED) is 0.430. The summed E-state index contributed by atoms with van der Waals surface area (Å²) in [7, 11) is -2.69. The highest BCUT2D eigenvalue weighted by atomic mass is 31.1. The largest absolute Gasteiger partial charge is 0.467 e. The van der Waals surface area contributed by atoms with Gasteiger partial charge in [0.1, 0.15) is 11.5 Å². The Hall–Kier alpha value is -1.89. The minimum absolute atomic E-state index is 0.165. The van der Waals surface area contributed by atoms with Gasteiger partial charge < -0.3 is 20.9 Å². The Kier molecular flexibility index (Phi) is 9.17. The fourth-order valence-corrected chi connectivity index (χ4v) is 2.56. The Labute approximate surface area is 154 Å². The van der Waals surface area contributed by atoms with Crippen LogP contribution in [0.5, 0.6) is 11.5 Å². The molecule has 0 atom stereocenters. The van der Waals surface area contributed by atoms with Crippen LogP contribution in [-0.2, 0) is 26.5 Å². The molecule has 2 aromatic rings. The van der Waals surface area contributed by atoms with E-state index in [0.29, 0.717) is 24.6 Å². The van der Waals surface area contributed by atoms with E-state index in [9.17, 15) is 4.57 Å². The lowest BCUT2D eigenvalue weighted by molar-refractivity contribution is 0.0697. The molecule has 0 amide bonds. The molecule has 0 heterocycles. The number of hydrogen-bond acceptors (Lipinski definition) is 7. The first-order chi connectivity index (χ1) is 12.7. The van der Waals surface area contributed by atoms with Crippen LogP contribution in [0.15, 0.2) is 48.5 Å². The van der Waals surface area contributed by atoms with Crippen LogP contribution in [0.2, 0.25) is 0 Å². The van der Waals surface area contributed by atoms with Crippen molar-refractivity contribution in [3.63, 3.8) is 0 Å². The Balaban J connectivity index is 1.61. The highest BCUT2D eigenvalue weighted by Gasteiger charge is 2.02. The number of rotatable bonds is 12. The van der Waals surface area contributed by atoms with E-state index >= 15 is 0 Å². The second kappa shape index (κ2) is 11.7. The fourth-order valence-electron chi connectivity index (χ4n) is 2.17. The molecule has 0 fully saturated rings. The summed E-state index contributed by atoms with van der Waals surface area (Å²) in [5, 5.41) is 0. The van der Waals surface area contributed by atoms with Gasteiger partial charge in [0.2, 0.25) is 0 Å². The first kappa shape index (κ1) is 20.4. The third kappa shape index (κ3) is 7.56. The molecular weight excluding hydrogens is 355 g/mol. The molecule has 4 N–H and O–H groups in total. The predicted octanol–water partition coefficient (Wildman–Crippen LogP) is 2.48. The maximum absolute atomic E-state index is 11.7. The molecule has 26 heavy (non-hydrogen) atoms. The average Bonchev–Trinajstić information content (AvgIpc) is 2.65. The lowest BCUT2D eigenvalue weighted by Gasteiger charge is -2.09. The van der Waals surface area contributed by atoms with E-state index in [1.54, 1.807) is 0 Å². The van der Waals surface area contributed by atoms with E-state index in [2.05, 4.69) is 0 Å². The van der Waals surface area contributed by atoms with Crippen molar-refractivity contribution in [1.82, 2.24) is 0 Å². The van der Waals surface area contributed by atoms with E-state index in [4.69, 9.17) is 30.0 Å². The summed E-state index contributed by atoms with van der Waals surface area (Å²) in [5.41, 5.74) is 13.3. The second-order valence-electron chi connectivity index (χ2n) is 5.43. The van der Waals surface area contributed by atoms with Gasteiger partial charge in [-0.15, -0.1) is 0 Å². The van der Waals surface area contributed by atoms with Crippen LogP contribution in [0.25, 0.3) is 0 Å². The zero-order valence-electron chi connectivity index (χ0n) is 14.6. The van der Waals surface area contributed by atoms with Gasteiger partial charge in [0.05, 0.1) is 0 Å². The molecule has 0 saturated carbocycles. The second-order valence-corrected chi connectivity index (χ2v) is 6.51. The normalized spacial score (nSPS) is 10.9. The molecule has 142 valence electrons. The van der Waals surface area contributed by atoms with E-state index in [0.717, 1.165) is 24.0 Å². The summed E-state index contributed by atoms with van der Waals surface area (Å²) in [6.45, 7) is 0.870. The van der Waals surface area contributed by atoms with Crippen LogP contribution >= 0.6 is 8.25 Å². The minimum atomic E-state index is -2.69. The minimum Gasteiger partial charge on any atom is -0.467 e. The molecule has 2 aromatic carbocycles. The van der Waals surface area contributed by atoms with Crippen molar-refractivity contribution in [2.45, 2.75) is 12.8 Å². The fraction of sp³-hybridized carbons (Fsp3) is 0.333. The first-order valence-electron chi connectivity index (χ1n) is 8.34. The third-order valence-corrected chi connectivity index (χ3v) is 4.22. The summed E-state index contributed by atoms with van der Waals surface area (Å²) in [6, 6.07) is 14.9. The Morgan fingerprint density at radius 2 is 1.08 bits per heavy atom. The zero-order valence-corrected chi connectivity index (χ0v) is 15.6. The van der Waals surface area contributed by atoms with Crippen molar-refractivity contribution in [2.24, 2.45) is 11.5 Å². The van der Waals surface area contributed by atoms with Gasteiger partial charge in [0, 0.05) is 0 Å². The Morgan fingerprint density at radius 3 is 1.42 bits per heavy atom. The van der Waals surface area contributed by atoms with Gasteiger partial charge in [-0.2, -0.15) is 0 Å². The zero-order chi connectivity index (χ0) is 18.6. The molecule has 2 rings (SSSR count). The summed E-state index contributed by atoms with van der Waals surface area (Å²) >= 11 is 0. The molecule has 0 bridgehead atoms. The molecule has 8 heteroatoms. The molecule has 0 aromatic heterocycles. The van der Waals surface area contributed by atoms with Crippen molar-refractivity contribution in [3.05, 3.63) is 59.7 Å². The van der Waals surface area contributed by atoms with E-state index in [-0.39, 0.29) is 13.6 Å². The van der Waals surface area contributed by atoms with Crippen LogP contribution in [0, 0.1) is 0 Å². The van der Waals surface area contributed by atoms with Gasteiger partial charge >= 0.3 is 8.25 Å². The van der Waals surface area contributed by atoms with Crippen molar-refractivity contribution in [3.8, 4) is 11.5 Å². The lowest BCUT2D eigenvalue weighted by atomic mass is 10.1. The molecule has 0 unspecified atom stereocenters. The number of nitrogens with two attached hydrogens (primary N) is 2. The summed E-state index contributed by atoms with van der Waals surface area (Å²) < 4.78 is 32.4. The third-order valence-electron chi connectivity index (χ3n) is 3.52. The molecule has 0 aliphatic heterocycles. The number of ether oxygens (including phenoxy) is 2. The average molecular weight is 380 g/mol. The van der Waals surface area contributed by atoms with Crippen LogP contribution in [0.4, 0.5) is 0 Å². The van der Waals surface area contributed by atoms with Crippen molar-refractivity contribution in [1.29, 1.82) is 0 Å². The van der Waals surface area contributed by atoms with Crippen LogP contribution < -0.4 is 20.9 Å². The molecule has 0 spiro atoms. The highest BCUT2D eigenvalue weighted by molar-refractivity contribution is 7.33. The lowest BCUT2D eigenvalue weighted by Crippen LogP contribution is -2.04. The number of benzene rings is 2. The smallest absolute Gasteiger partial charge is 0.324 e. The maximum Gasteiger partial charge on any atom is 0.324 e. The topological polar surface area (TPSA) is 106 Å². The maximum atomic E-state index is 11.7. The molecular formula is C18H25N2O5P. The van der Waals surface area contributed by atoms with Gasteiger partial charge in [-0.3, -0.25) is 13.6 Å². The standard InChI is InChI=1S/C18H25N2O5P/c19-11-9-15-1-5-17(6-2-15)22-13-24-26(21)25-14-23-18-7-3-16(4-8-18)10-12-20/h1-8,26H,9-14,19-20H2. The van der Waals surface area contributed by atoms with Crippen LogP contribution in [0.3, 0.4) is 0 Å². The molecule has 0 radical (unpaired) electrons. The predicted molar refractivity (Wildman–Crippen MR) is 101 cm³/mol. The van der Waals surface area contributed by atoms with Gasteiger partial charge in [-0.25, -0.2) is 0 Å². The number of hydrogen-bond donors (Lipinski definition) is 2. The summed E-state index contributed by atoms with van der Waals surface area (Å²) in [5.74, 6) is 1.24. The Bertz CT molecular complexity index is 607. The van der Waals surface area contributed by atoms with Gasteiger partial charge in [-0.1, -0.05) is 24.3 Å². The van der Waals surface area contributed by atoms with Gasteiger partial charge in [-0.05, 0) is 61.3 Å². The molecule has 0 aliphatic rings. The molecule has 0 saturated heterocycles. The molecule has 0 aliphatic carbocycles. The Morgan fingerprint density at radius 1 is 0.692 bits per heavy atom. The van der Waals surface area contributed by atoms with Gasteiger partial charge in [0.15, 0.2) is 13.6 Å². The van der Waals surface area contributed by atoms with Crippen molar-refractivity contribution in [2.75, 3.05) is 26.7 Å².